The summed E-state index contributed by atoms with van der Waals surface area (Å²) in [4.78, 5) is 33.0. The van der Waals surface area contributed by atoms with Crippen LogP contribution in [-0.2, 0) is 14.4 Å². The van der Waals surface area contributed by atoms with Crippen molar-refractivity contribution < 1.29 is 38.8 Å². The molecule has 174 valence electrons. The topological polar surface area (TPSA) is 135 Å². The Balaban J connectivity index is 0.000000312. The predicted octanol–water partition coefficient (Wildman–Crippen LogP) is 1.20. The number of carboxylic acid groups (broad SMARTS) is 2. The van der Waals surface area contributed by atoms with Gasteiger partial charge in [0.15, 0.2) is 11.5 Å². The lowest BCUT2D eigenvalue weighted by molar-refractivity contribution is -0.134. The number of para-hydroxylation sites is 1. The van der Waals surface area contributed by atoms with Gasteiger partial charge >= 0.3 is 11.9 Å². The van der Waals surface area contributed by atoms with Gasteiger partial charge < -0.3 is 29.7 Å². The van der Waals surface area contributed by atoms with Crippen LogP contribution < -0.4 is 19.5 Å². The van der Waals surface area contributed by atoms with Gasteiger partial charge in [-0.3, -0.25) is 9.69 Å². The van der Waals surface area contributed by atoms with Gasteiger partial charge in [-0.15, -0.1) is 11.8 Å². The first-order valence-electron chi connectivity index (χ1n) is 10.1. The molecule has 0 saturated carbocycles. The normalized spacial score (nSPS) is 21.5. The molecule has 0 aromatic heterocycles. The molecule has 4 rings (SSSR count). The molecule has 2 fully saturated rings. The molecule has 3 aliphatic heterocycles. The lowest BCUT2D eigenvalue weighted by Gasteiger charge is -2.40. The van der Waals surface area contributed by atoms with Crippen molar-refractivity contribution >= 4 is 29.6 Å². The molecule has 1 atom stereocenters. The highest BCUT2D eigenvalue weighted by Gasteiger charge is 2.41. The molecular formula is C21H26N2O8S. The van der Waals surface area contributed by atoms with E-state index in [1.165, 1.54) is 0 Å². The number of likely N-dealkylation sites (tertiary alicyclic amines) is 1. The quantitative estimate of drug-likeness (QED) is 0.543. The summed E-state index contributed by atoms with van der Waals surface area (Å²) in [5.41, 5.74) is 0. The van der Waals surface area contributed by atoms with Gasteiger partial charge in [0, 0.05) is 31.8 Å². The van der Waals surface area contributed by atoms with Crippen LogP contribution in [0.4, 0.5) is 0 Å². The Morgan fingerprint density at radius 1 is 1.28 bits per heavy atom. The van der Waals surface area contributed by atoms with Crippen LogP contribution in [0.2, 0.25) is 0 Å². The molecule has 1 aromatic carbocycles. The first kappa shape index (κ1) is 23.7. The highest BCUT2D eigenvalue weighted by atomic mass is 32.2. The number of fused-ring (bicyclic) bond motifs is 1. The third-order valence-electron chi connectivity index (χ3n) is 5.21. The lowest BCUT2D eigenvalue weighted by atomic mass is 10.0. The number of aliphatic carboxylic acids is 2. The van der Waals surface area contributed by atoms with Crippen molar-refractivity contribution in [1.29, 1.82) is 0 Å². The van der Waals surface area contributed by atoms with Gasteiger partial charge in [0.05, 0.1) is 17.7 Å². The maximum absolute atomic E-state index is 11.5. The monoisotopic (exact) mass is 466 g/mol. The number of piperidine rings is 1. The van der Waals surface area contributed by atoms with E-state index in [1.807, 2.05) is 18.2 Å². The van der Waals surface area contributed by atoms with Crippen molar-refractivity contribution in [2.24, 2.45) is 0 Å². The van der Waals surface area contributed by atoms with Crippen LogP contribution in [0.25, 0.3) is 0 Å². The van der Waals surface area contributed by atoms with Crippen LogP contribution in [0.3, 0.4) is 0 Å². The molecule has 1 amide bonds. The smallest absolute Gasteiger partial charge is 0.328 e. The average Bonchev–Trinajstić information content (AvgIpc) is 3.14. The van der Waals surface area contributed by atoms with E-state index >= 15 is 0 Å². The highest BCUT2D eigenvalue weighted by Crippen LogP contribution is 2.41. The number of hydrogen-bond donors (Lipinski definition) is 3. The highest BCUT2D eigenvalue weighted by molar-refractivity contribution is 8.01. The number of nitrogens with one attached hydrogen (secondary N) is 1. The third kappa shape index (κ3) is 6.30. The average molecular weight is 467 g/mol. The van der Waals surface area contributed by atoms with Crippen molar-refractivity contribution in [3.8, 4) is 17.2 Å². The molecule has 1 unspecified atom stereocenters. The Bertz CT molecular complexity index is 852. The molecule has 3 heterocycles. The van der Waals surface area contributed by atoms with Crippen LogP contribution in [0.5, 0.6) is 17.2 Å². The second kappa shape index (κ2) is 10.6. The van der Waals surface area contributed by atoms with E-state index < -0.39 is 11.9 Å². The number of rotatable bonds is 5. The number of nitrogens with zero attached hydrogens (tertiary/aromatic N) is 1. The molecule has 0 aliphatic carbocycles. The SMILES string of the molecule is COc1cccc2c1OC(CN1CCC3(CC1)NC(=O)CS3)CO2.O=C(O)/C=C\C(=O)O. The number of thioether (sulfide) groups is 1. The van der Waals surface area contributed by atoms with E-state index in [1.54, 1.807) is 18.9 Å². The van der Waals surface area contributed by atoms with Gasteiger partial charge in [0.25, 0.3) is 0 Å². The van der Waals surface area contributed by atoms with E-state index in [4.69, 9.17) is 24.4 Å². The van der Waals surface area contributed by atoms with Gasteiger partial charge in [0.2, 0.25) is 11.7 Å². The summed E-state index contributed by atoms with van der Waals surface area (Å²) < 4.78 is 17.3. The number of hydrogen-bond acceptors (Lipinski definition) is 8. The number of benzene rings is 1. The fraction of sp³-hybridized carbons (Fsp3) is 0.476. The van der Waals surface area contributed by atoms with Crippen LogP contribution in [0.1, 0.15) is 12.8 Å². The van der Waals surface area contributed by atoms with Crippen LogP contribution in [0, 0.1) is 0 Å². The second-order valence-corrected chi connectivity index (χ2v) is 8.84. The van der Waals surface area contributed by atoms with Gasteiger partial charge in [-0.2, -0.15) is 0 Å². The van der Waals surface area contributed by atoms with Gasteiger partial charge in [-0.05, 0) is 25.0 Å². The molecule has 3 aliphatic rings. The zero-order valence-electron chi connectivity index (χ0n) is 17.6. The zero-order valence-corrected chi connectivity index (χ0v) is 18.4. The molecule has 0 bridgehead atoms. The van der Waals surface area contributed by atoms with E-state index in [0.717, 1.165) is 38.2 Å². The Morgan fingerprint density at radius 2 is 1.97 bits per heavy atom. The minimum atomic E-state index is -1.26. The van der Waals surface area contributed by atoms with Crippen molar-refractivity contribution in [3.05, 3.63) is 30.4 Å². The summed E-state index contributed by atoms with van der Waals surface area (Å²) in [6.07, 6.45) is 3.08. The Labute approximate surface area is 189 Å². The Kier molecular flexibility index (Phi) is 7.86. The molecule has 10 nitrogen and oxygen atoms in total. The summed E-state index contributed by atoms with van der Waals surface area (Å²) in [6, 6.07) is 5.69. The van der Waals surface area contributed by atoms with E-state index in [2.05, 4.69) is 10.2 Å². The Morgan fingerprint density at radius 3 is 2.53 bits per heavy atom. The molecule has 1 spiro atoms. The summed E-state index contributed by atoms with van der Waals surface area (Å²) in [7, 11) is 1.64. The van der Waals surface area contributed by atoms with Crippen molar-refractivity contribution in [3.63, 3.8) is 0 Å². The van der Waals surface area contributed by atoms with E-state index in [9.17, 15) is 14.4 Å². The Hall–Kier alpha value is -2.92. The summed E-state index contributed by atoms with van der Waals surface area (Å²) in [5, 5.41) is 18.8. The van der Waals surface area contributed by atoms with Gasteiger partial charge in [-0.1, -0.05) is 6.07 Å². The number of methoxy groups -OCH3 is 1. The fourth-order valence-corrected chi connectivity index (χ4v) is 4.82. The van der Waals surface area contributed by atoms with Crippen LogP contribution >= 0.6 is 11.8 Å². The molecule has 0 radical (unpaired) electrons. The van der Waals surface area contributed by atoms with E-state index in [-0.39, 0.29) is 16.9 Å². The minimum absolute atomic E-state index is 0.00586. The standard InChI is InChI=1S/C17H22N2O4S.C4H4O4/c1-21-13-3-2-4-14-16(13)23-12(10-22-14)9-19-7-5-17(6-8-19)18-15(20)11-24-17;5-3(6)1-2-4(7)8/h2-4,12H,5-11H2,1H3,(H,18,20);1-2H,(H,5,6)(H,7,8)/b;2-1-. The number of ether oxygens (including phenoxy) is 3. The number of amides is 1. The molecule has 1 aromatic rings. The van der Waals surface area contributed by atoms with Gasteiger partial charge in [-0.25, -0.2) is 9.59 Å². The third-order valence-corrected chi connectivity index (χ3v) is 6.68. The molecule has 3 N–H and O–H groups in total. The van der Waals surface area contributed by atoms with Crippen molar-refractivity contribution in [2.75, 3.05) is 39.1 Å². The lowest BCUT2D eigenvalue weighted by Crippen LogP contribution is -2.52. The second-order valence-electron chi connectivity index (χ2n) is 7.48. The van der Waals surface area contributed by atoms with Gasteiger partial charge in [0.1, 0.15) is 12.7 Å². The van der Waals surface area contributed by atoms with E-state index in [0.29, 0.717) is 36.0 Å². The summed E-state index contributed by atoms with van der Waals surface area (Å²) in [6.45, 7) is 3.30. The zero-order chi connectivity index (χ0) is 23.1. The molecule has 2 saturated heterocycles. The van der Waals surface area contributed by atoms with Crippen LogP contribution in [-0.4, -0.2) is 83.0 Å². The van der Waals surface area contributed by atoms with Crippen LogP contribution in [0.15, 0.2) is 30.4 Å². The molecular weight excluding hydrogens is 440 g/mol. The largest absolute Gasteiger partial charge is 0.493 e. The minimum Gasteiger partial charge on any atom is -0.493 e. The number of carboxylic acids is 2. The number of carbonyl (C=O) groups is 3. The maximum Gasteiger partial charge on any atom is 0.328 e. The summed E-state index contributed by atoms with van der Waals surface area (Å²) >= 11 is 1.76. The molecule has 11 heteroatoms. The summed E-state index contributed by atoms with van der Waals surface area (Å²) in [5.74, 6) is 0.397. The number of carbonyl (C=O) groups excluding carboxylic acids is 1. The predicted molar refractivity (Wildman–Crippen MR) is 116 cm³/mol. The fourth-order valence-electron chi connectivity index (χ4n) is 3.69. The molecule has 32 heavy (non-hydrogen) atoms. The first-order valence-corrected chi connectivity index (χ1v) is 11.1. The maximum atomic E-state index is 11.5. The van der Waals surface area contributed by atoms with Crippen molar-refractivity contribution in [1.82, 2.24) is 10.2 Å². The van der Waals surface area contributed by atoms with Crippen molar-refractivity contribution in [2.45, 2.75) is 23.8 Å². The first-order chi connectivity index (χ1) is 15.3.